The van der Waals surface area contributed by atoms with Crippen LogP contribution in [0.4, 0.5) is 5.82 Å². The molecule has 8 heteroatoms. The lowest BCUT2D eigenvalue weighted by Gasteiger charge is -2.26. The maximum atomic E-state index is 10.1. The van der Waals surface area contributed by atoms with E-state index < -0.39 is 0 Å². The normalized spacial score (nSPS) is 18.1. The molecule has 0 amide bonds. The van der Waals surface area contributed by atoms with E-state index in [0.29, 0.717) is 16.9 Å². The van der Waals surface area contributed by atoms with Crippen molar-refractivity contribution in [1.82, 2.24) is 14.5 Å². The molecule has 1 aromatic carbocycles. The van der Waals surface area contributed by atoms with Crippen LogP contribution in [0.5, 0.6) is 11.5 Å². The minimum Gasteiger partial charge on any atom is -0.504 e. The Bertz CT molecular complexity index is 858. The number of ether oxygens (including phenoxy) is 2. The molecule has 0 spiro atoms. The van der Waals surface area contributed by atoms with Crippen molar-refractivity contribution in [3.63, 3.8) is 0 Å². The third-order valence-electron chi connectivity index (χ3n) is 4.91. The molecule has 140 valence electrons. The van der Waals surface area contributed by atoms with E-state index in [1.807, 2.05) is 6.07 Å². The molecule has 3 heterocycles. The van der Waals surface area contributed by atoms with Crippen molar-refractivity contribution in [2.24, 2.45) is 4.99 Å². The number of phenolic OH excluding ortho intramolecular Hbond substituents is 1. The first-order chi connectivity index (χ1) is 12.8. The molecule has 8 nitrogen and oxygen atoms in total. The Morgan fingerprint density at radius 1 is 1.31 bits per heavy atom. The fourth-order valence-corrected chi connectivity index (χ4v) is 3.58. The van der Waals surface area contributed by atoms with Gasteiger partial charge in [-0.3, -0.25) is 14.5 Å². The number of phenols is 1. The van der Waals surface area contributed by atoms with Crippen molar-refractivity contribution >= 4 is 16.7 Å². The van der Waals surface area contributed by atoms with E-state index in [2.05, 4.69) is 14.8 Å². The lowest BCUT2D eigenvalue weighted by Crippen LogP contribution is -2.37. The van der Waals surface area contributed by atoms with E-state index in [-0.39, 0.29) is 5.75 Å². The number of fused-ring (bicyclic) bond motifs is 3. The van der Waals surface area contributed by atoms with Gasteiger partial charge >= 0.3 is 0 Å². The maximum Gasteiger partial charge on any atom is 0.227 e. The van der Waals surface area contributed by atoms with E-state index >= 15 is 0 Å². The molecule has 0 bridgehead atoms. The highest BCUT2D eigenvalue weighted by atomic mass is 16.5. The number of hydrogen-bond acceptors (Lipinski definition) is 7. The van der Waals surface area contributed by atoms with Gasteiger partial charge in [-0.05, 0) is 18.6 Å². The van der Waals surface area contributed by atoms with Gasteiger partial charge in [0.25, 0.3) is 0 Å². The van der Waals surface area contributed by atoms with Gasteiger partial charge in [0, 0.05) is 44.7 Å². The van der Waals surface area contributed by atoms with Gasteiger partial charge in [0.2, 0.25) is 5.62 Å². The number of rotatable bonds is 5. The van der Waals surface area contributed by atoms with Crippen LogP contribution in [-0.2, 0) is 11.3 Å². The Hall–Kier alpha value is -2.32. The van der Waals surface area contributed by atoms with E-state index in [1.54, 1.807) is 13.2 Å². The van der Waals surface area contributed by atoms with Gasteiger partial charge < -0.3 is 19.9 Å². The van der Waals surface area contributed by atoms with Crippen molar-refractivity contribution < 1.29 is 14.6 Å². The minimum absolute atomic E-state index is 0.0914. The van der Waals surface area contributed by atoms with Gasteiger partial charge in [0.1, 0.15) is 11.3 Å². The van der Waals surface area contributed by atoms with Crippen LogP contribution in [0.2, 0.25) is 0 Å². The summed E-state index contributed by atoms with van der Waals surface area (Å²) in [6.45, 7) is 7.07. The van der Waals surface area contributed by atoms with E-state index in [4.69, 9.17) is 19.5 Å². The monoisotopic (exact) mass is 359 g/mol. The number of nitrogens with one attached hydrogen (secondary N) is 1. The van der Waals surface area contributed by atoms with Crippen LogP contribution >= 0.6 is 0 Å². The zero-order valence-electron chi connectivity index (χ0n) is 15.1. The molecule has 0 saturated carbocycles. The Morgan fingerprint density at radius 2 is 2.15 bits per heavy atom. The van der Waals surface area contributed by atoms with Crippen molar-refractivity contribution in [2.75, 3.05) is 58.4 Å². The van der Waals surface area contributed by atoms with Crippen molar-refractivity contribution in [3.8, 4) is 11.5 Å². The number of morpholine rings is 1. The second-order valence-electron chi connectivity index (χ2n) is 6.54. The molecule has 2 N–H and O–H groups in total. The van der Waals surface area contributed by atoms with Crippen LogP contribution in [0.1, 0.15) is 6.42 Å². The highest BCUT2D eigenvalue weighted by molar-refractivity contribution is 5.95. The Kier molecular flexibility index (Phi) is 4.94. The molecule has 0 unspecified atom stereocenters. The van der Waals surface area contributed by atoms with Gasteiger partial charge in [0.05, 0.1) is 20.3 Å². The summed E-state index contributed by atoms with van der Waals surface area (Å²) in [5, 5.41) is 14.4. The van der Waals surface area contributed by atoms with E-state index in [9.17, 15) is 5.11 Å². The number of nitrogens with zero attached hydrogens (tertiary/aromatic N) is 4. The van der Waals surface area contributed by atoms with Crippen LogP contribution in [0, 0.1) is 0 Å². The summed E-state index contributed by atoms with van der Waals surface area (Å²) in [7, 11) is 1.54. The third kappa shape index (κ3) is 3.22. The second kappa shape index (κ2) is 7.51. The Morgan fingerprint density at radius 3 is 2.96 bits per heavy atom. The summed E-state index contributed by atoms with van der Waals surface area (Å²) in [5.74, 6) is 1.47. The van der Waals surface area contributed by atoms with Crippen molar-refractivity contribution in [2.45, 2.75) is 13.0 Å². The predicted molar refractivity (Wildman–Crippen MR) is 98.7 cm³/mol. The fourth-order valence-electron chi connectivity index (χ4n) is 3.58. The average molecular weight is 359 g/mol. The first-order valence-corrected chi connectivity index (χ1v) is 9.13. The van der Waals surface area contributed by atoms with Crippen molar-refractivity contribution in [3.05, 3.63) is 17.8 Å². The zero-order chi connectivity index (χ0) is 17.9. The lowest BCUT2D eigenvalue weighted by atomic mass is 10.2. The molecular formula is C18H25N5O3. The second-order valence-corrected chi connectivity index (χ2v) is 6.54. The molecule has 1 aromatic heterocycles. The van der Waals surface area contributed by atoms with Crippen LogP contribution in [0.25, 0.3) is 10.9 Å². The largest absolute Gasteiger partial charge is 0.504 e. The summed E-state index contributed by atoms with van der Waals surface area (Å²) in [6, 6.07) is 3.51. The van der Waals surface area contributed by atoms with E-state index in [1.165, 1.54) is 0 Å². The van der Waals surface area contributed by atoms with Crippen molar-refractivity contribution in [1.29, 1.82) is 0 Å². The fraction of sp³-hybridized carbons (Fsp3) is 0.556. The number of methoxy groups -OCH3 is 1. The van der Waals surface area contributed by atoms with E-state index in [0.717, 1.165) is 70.1 Å². The van der Waals surface area contributed by atoms with Crippen LogP contribution in [-0.4, -0.2) is 72.6 Å². The van der Waals surface area contributed by atoms with Gasteiger partial charge in [-0.1, -0.05) is 0 Å². The Balaban J connectivity index is 1.61. The van der Waals surface area contributed by atoms with Gasteiger partial charge in [-0.25, -0.2) is 4.98 Å². The smallest absolute Gasteiger partial charge is 0.227 e. The standard InChI is InChI=1S/C18H25N5O3/c1-25-16-14(24)4-3-13-15(16)21-18(23-8-6-19-17(13)23)20-5-2-7-22-9-11-26-12-10-22/h3-4,19,24H,2,5-12H2,1H3. The molecule has 2 aliphatic heterocycles. The quantitative estimate of drug-likeness (QED) is 0.769. The minimum atomic E-state index is 0.0914. The highest BCUT2D eigenvalue weighted by Crippen LogP contribution is 2.35. The van der Waals surface area contributed by atoms with Crippen LogP contribution < -0.4 is 15.7 Å². The summed E-state index contributed by atoms with van der Waals surface area (Å²) < 4.78 is 12.9. The number of aromatic nitrogens is 2. The third-order valence-corrected chi connectivity index (χ3v) is 4.91. The number of anilines is 1. The highest BCUT2D eigenvalue weighted by Gasteiger charge is 2.19. The summed E-state index contributed by atoms with van der Waals surface area (Å²) in [5.41, 5.74) is 1.32. The maximum absolute atomic E-state index is 10.1. The SMILES string of the molecule is COc1c(O)ccc2c3n(c(=NCCCN4CCOCC4)nc12)CCN3. The molecular weight excluding hydrogens is 334 g/mol. The summed E-state index contributed by atoms with van der Waals surface area (Å²) >= 11 is 0. The lowest BCUT2D eigenvalue weighted by molar-refractivity contribution is 0.0377. The van der Waals surface area contributed by atoms with Gasteiger partial charge in [0.15, 0.2) is 11.5 Å². The first kappa shape index (κ1) is 17.1. The number of benzene rings is 1. The molecule has 1 fully saturated rings. The number of aromatic hydroxyl groups is 1. The van der Waals surface area contributed by atoms with Crippen LogP contribution in [0.3, 0.4) is 0 Å². The van der Waals surface area contributed by atoms with Crippen LogP contribution in [0.15, 0.2) is 17.1 Å². The molecule has 4 rings (SSSR count). The van der Waals surface area contributed by atoms with Gasteiger partial charge in [-0.2, -0.15) is 0 Å². The number of hydrogen-bond donors (Lipinski definition) is 2. The molecule has 2 aromatic rings. The molecule has 1 saturated heterocycles. The zero-order valence-corrected chi connectivity index (χ0v) is 15.1. The molecule has 0 radical (unpaired) electrons. The summed E-state index contributed by atoms with van der Waals surface area (Å²) in [4.78, 5) is 11.8. The Labute approximate surface area is 152 Å². The first-order valence-electron chi connectivity index (χ1n) is 9.13. The molecule has 2 aliphatic rings. The average Bonchev–Trinajstić information content (AvgIpc) is 3.16. The molecule has 0 aliphatic carbocycles. The summed E-state index contributed by atoms with van der Waals surface area (Å²) in [6.07, 6.45) is 0.986. The van der Waals surface area contributed by atoms with Gasteiger partial charge in [-0.15, -0.1) is 0 Å². The molecule has 0 atom stereocenters. The molecule has 26 heavy (non-hydrogen) atoms. The topological polar surface area (TPSA) is 84.1 Å². The predicted octanol–water partition coefficient (Wildman–Crippen LogP) is 0.799.